The van der Waals surface area contributed by atoms with Gasteiger partial charge in [0.05, 0.1) is 12.1 Å². The Hall–Kier alpha value is -1.36. The third-order valence-corrected chi connectivity index (χ3v) is 1.76. The SMILES string of the molecule is CCc1nc(CC(=O)OCl)cc(=O)[nH]1. The van der Waals surface area contributed by atoms with Gasteiger partial charge in [-0.25, -0.2) is 4.98 Å². The number of halogens is 1. The van der Waals surface area contributed by atoms with Crippen LogP contribution in [0.3, 0.4) is 0 Å². The van der Waals surface area contributed by atoms with E-state index in [1.807, 2.05) is 6.92 Å². The second kappa shape index (κ2) is 4.76. The van der Waals surface area contributed by atoms with E-state index in [-0.39, 0.29) is 12.0 Å². The van der Waals surface area contributed by atoms with Gasteiger partial charge in [-0.1, -0.05) is 6.92 Å². The number of aromatic nitrogens is 2. The van der Waals surface area contributed by atoms with Gasteiger partial charge in [-0.2, -0.15) is 0 Å². The summed E-state index contributed by atoms with van der Waals surface area (Å²) in [4.78, 5) is 28.4. The lowest BCUT2D eigenvalue weighted by Crippen LogP contribution is -2.14. The van der Waals surface area contributed by atoms with Crippen LogP contribution >= 0.6 is 11.9 Å². The smallest absolute Gasteiger partial charge is 0.330 e. The summed E-state index contributed by atoms with van der Waals surface area (Å²) in [5, 5.41) is 0. The Kier molecular flexibility index (Phi) is 3.64. The van der Waals surface area contributed by atoms with E-state index in [4.69, 9.17) is 11.9 Å². The van der Waals surface area contributed by atoms with Crippen molar-refractivity contribution in [2.75, 3.05) is 0 Å². The average molecular weight is 217 g/mol. The molecule has 0 bridgehead atoms. The van der Waals surface area contributed by atoms with Crippen LogP contribution < -0.4 is 5.56 Å². The van der Waals surface area contributed by atoms with Crippen molar-refractivity contribution < 1.29 is 9.08 Å². The van der Waals surface area contributed by atoms with Crippen LogP contribution in [0.15, 0.2) is 10.9 Å². The Labute approximate surface area is 85.2 Å². The molecule has 0 saturated carbocycles. The molecule has 1 aromatic rings. The van der Waals surface area contributed by atoms with E-state index in [9.17, 15) is 9.59 Å². The van der Waals surface area contributed by atoms with E-state index in [1.54, 1.807) is 0 Å². The number of nitrogens with zero attached hydrogens (tertiary/aromatic N) is 1. The molecule has 1 N–H and O–H groups in total. The van der Waals surface area contributed by atoms with Crippen molar-refractivity contribution in [2.24, 2.45) is 0 Å². The Morgan fingerprint density at radius 3 is 3.00 bits per heavy atom. The Morgan fingerprint density at radius 1 is 1.71 bits per heavy atom. The van der Waals surface area contributed by atoms with Crippen molar-refractivity contribution >= 4 is 17.8 Å². The predicted molar refractivity (Wildman–Crippen MR) is 49.9 cm³/mol. The molecular weight excluding hydrogens is 208 g/mol. The summed E-state index contributed by atoms with van der Waals surface area (Å²) >= 11 is 4.85. The summed E-state index contributed by atoms with van der Waals surface area (Å²) in [5.41, 5.74) is 0.0745. The van der Waals surface area contributed by atoms with E-state index in [0.717, 1.165) is 0 Å². The maximum Gasteiger partial charge on any atom is 0.330 e. The van der Waals surface area contributed by atoms with Gasteiger partial charge in [-0.05, 0) is 0 Å². The number of H-pyrrole nitrogens is 1. The van der Waals surface area contributed by atoms with Gasteiger partial charge in [0.2, 0.25) is 0 Å². The minimum atomic E-state index is -0.633. The molecule has 5 nitrogen and oxygen atoms in total. The molecule has 6 heteroatoms. The molecule has 0 spiro atoms. The number of nitrogens with one attached hydrogen (secondary N) is 1. The third kappa shape index (κ3) is 2.85. The first-order valence-corrected chi connectivity index (χ1v) is 4.37. The molecule has 1 rings (SSSR count). The van der Waals surface area contributed by atoms with E-state index in [0.29, 0.717) is 17.9 Å². The van der Waals surface area contributed by atoms with E-state index >= 15 is 0 Å². The van der Waals surface area contributed by atoms with Gasteiger partial charge >= 0.3 is 5.97 Å². The van der Waals surface area contributed by atoms with Gasteiger partial charge in [-0.3, -0.25) is 9.59 Å². The van der Waals surface area contributed by atoms with Crippen LogP contribution in [0.25, 0.3) is 0 Å². The van der Waals surface area contributed by atoms with Gasteiger partial charge in [0.15, 0.2) is 0 Å². The fraction of sp³-hybridized carbons (Fsp3) is 0.375. The number of carbonyl (C=O) groups is 1. The molecule has 0 amide bonds. The average Bonchev–Trinajstić information content (AvgIpc) is 2.16. The second-order valence-corrected chi connectivity index (χ2v) is 2.82. The first-order chi connectivity index (χ1) is 6.65. The first-order valence-electron chi connectivity index (χ1n) is 4.06. The highest BCUT2D eigenvalue weighted by Crippen LogP contribution is 1.97. The quantitative estimate of drug-likeness (QED) is 0.802. The number of rotatable bonds is 3. The van der Waals surface area contributed by atoms with Crippen molar-refractivity contribution in [3.8, 4) is 0 Å². The highest BCUT2D eigenvalue weighted by atomic mass is 35.5. The number of aryl methyl sites for hydroxylation is 1. The molecule has 76 valence electrons. The van der Waals surface area contributed by atoms with E-state index < -0.39 is 5.97 Å². The van der Waals surface area contributed by atoms with Crippen LogP contribution in [0.2, 0.25) is 0 Å². The minimum Gasteiger partial charge on any atom is -0.347 e. The van der Waals surface area contributed by atoms with Gasteiger partial charge in [0.1, 0.15) is 17.7 Å². The monoisotopic (exact) mass is 216 g/mol. The fourth-order valence-electron chi connectivity index (χ4n) is 0.996. The zero-order valence-electron chi connectivity index (χ0n) is 7.54. The molecule has 14 heavy (non-hydrogen) atoms. The van der Waals surface area contributed by atoms with E-state index in [1.165, 1.54) is 6.07 Å². The Morgan fingerprint density at radius 2 is 2.43 bits per heavy atom. The summed E-state index contributed by atoms with van der Waals surface area (Å²) < 4.78 is 3.95. The van der Waals surface area contributed by atoms with Crippen LogP contribution in [0.5, 0.6) is 0 Å². The van der Waals surface area contributed by atoms with Crippen molar-refractivity contribution in [1.82, 2.24) is 9.97 Å². The number of aromatic amines is 1. The summed E-state index contributed by atoms with van der Waals surface area (Å²) in [5.74, 6) is -0.0957. The summed E-state index contributed by atoms with van der Waals surface area (Å²) in [7, 11) is 0. The Balaban J connectivity index is 2.92. The van der Waals surface area contributed by atoms with Crippen molar-refractivity contribution in [2.45, 2.75) is 19.8 Å². The van der Waals surface area contributed by atoms with E-state index in [2.05, 4.69) is 14.3 Å². The minimum absolute atomic E-state index is 0.0968. The van der Waals surface area contributed by atoms with Crippen molar-refractivity contribution in [3.63, 3.8) is 0 Å². The lowest BCUT2D eigenvalue weighted by molar-refractivity contribution is -0.133. The molecular formula is C8H9ClN2O3. The molecule has 0 aliphatic heterocycles. The predicted octanol–water partition coefficient (Wildman–Crippen LogP) is 0.572. The fourth-order valence-corrected chi connectivity index (χ4v) is 1.05. The van der Waals surface area contributed by atoms with Crippen LogP contribution in [0.4, 0.5) is 0 Å². The molecule has 0 aliphatic rings. The largest absolute Gasteiger partial charge is 0.347 e. The standard InChI is InChI=1S/C8H9ClN2O3/c1-2-6-10-5(3-7(12)11-6)4-8(13)14-9/h3H,2,4H2,1H3,(H,10,11,12). The summed E-state index contributed by atoms with van der Waals surface area (Å²) in [6.07, 6.45) is 0.499. The second-order valence-electron chi connectivity index (χ2n) is 2.66. The van der Waals surface area contributed by atoms with Gasteiger partial charge in [-0.15, -0.1) is 0 Å². The number of hydrogen-bond donors (Lipinski definition) is 1. The number of carbonyl (C=O) groups excluding carboxylic acids is 1. The van der Waals surface area contributed by atoms with Crippen LogP contribution in [0, 0.1) is 0 Å². The maximum atomic E-state index is 11.1. The molecule has 1 heterocycles. The molecule has 0 aromatic carbocycles. The van der Waals surface area contributed by atoms with Gasteiger partial charge in [0, 0.05) is 12.5 Å². The molecule has 0 unspecified atom stereocenters. The number of hydrogen-bond acceptors (Lipinski definition) is 4. The first kappa shape index (κ1) is 10.7. The molecule has 0 atom stereocenters. The zero-order chi connectivity index (χ0) is 10.6. The Bertz CT molecular complexity index is 388. The van der Waals surface area contributed by atoms with Gasteiger partial charge in [0.25, 0.3) is 5.56 Å². The molecule has 0 fully saturated rings. The van der Waals surface area contributed by atoms with Crippen molar-refractivity contribution in [3.05, 3.63) is 27.9 Å². The van der Waals surface area contributed by atoms with Crippen LogP contribution in [-0.4, -0.2) is 15.9 Å². The van der Waals surface area contributed by atoms with Crippen LogP contribution in [-0.2, 0) is 21.9 Å². The third-order valence-electron chi connectivity index (χ3n) is 1.59. The van der Waals surface area contributed by atoms with Crippen LogP contribution in [0.1, 0.15) is 18.4 Å². The van der Waals surface area contributed by atoms with Gasteiger partial charge < -0.3 is 9.27 Å². The molecule has 0 saturated heterocycles. The summed E-state index contributed by atoms with van der Waals surface area (Å²) in [6, 6.07) is 1.24. The lowest BCUT2D eigenvalue weighted by Gasteiger charge is -1.99. The molecule has 0 radical (unpaired) electrons. The zero-order valence-corrected chi connectivity index (χ0v) is 8.30. The normalized spacial score (nSPS) is 9.86. The maximum absolute atomic E-state index is 11.1. The topological polar surface area (TPSA) is 72.0 Å². The highest BCUT2D eigenvalue weighted by molar-refractivity contribution is 6.13. The summed E-state index contributed by atoms with van der Waals surface area (Å²) in [6.45, 7) is 1.85. The highest BCUT2D eigenvalue weighted by Gasteiger charge is 2.07. The van der Waals surface area contributed by atoms with Crippen molar-refractivity contribution in [1.29, 1.82) is 0 Å². The molecule has 0 aliphatic carbocycles. The lowest BCUT2D eigenvalue weighted by atomic mass is 10.3. The molecule has 1 aromatic heterocycles.